The average Bonchev–Trinajstić information content (AvgIpc) is 2.27. The van der Waals surface area contributed by atoms with E-state index >= 15 is 0 Å². The summed E-state index contributed by atoms with van der Waals surface area (Å²) in [6, 6.07) is 6.27. The molecule has 0 amide bonds. The van der Waals surface area contributed by atoms with Gasteiger partial charge in [-0.2, -0.15) is 0 Å². The predicted molar refractivity (Wildman–Crippen MR) is 78.7 cm³/mol. The topological polar surface area (TPSA) is 83.5 Å². The number of hydrogen-bond donors (Lipinski definition) is 2. The summed E-state index contributed by atoms with van der Waals surface area (Å²) in [6.45, 7) is 6.89. The molecule has 0 spiro atoms. The molecule has 1 aromatic carbocycles. The third-order valence-electron chi connectivity index (χ3n) is 3.84. The number of rotatable bonds is 5. The van der Waals surface area contributed by atoms with Gasteiger partial charge in [-0.05, 0) is 52.0 Å². The van der Waals surface area contributed by atoms with Crippen LogP contribution in [0.2, 0.25) is 0 Å². The van der Waals surface area contributed by atoms with Crippen molar-refractivity contribution in [3.63, 3.8) is 0 Å². The molecule has 0 atom stereocenters. The fraction of sp³-hybridized carbons (Fsp3) is 0.500. The second-order valence-electron chi connectivity index (χ2n) is 5.98. The van der Waals surface area contributed by atoms with E-state index < -0.39 is 26.8 Å². The largest absolute Gasteiger partial charge is 0.481 e. The molecule has 112 valence electrons. The zero-order chi connectivity index (χ0) is 15.8. The highest BCUT2D eigenvalue weighted by Crippen LogP contribution is 2.34. The number of carbonyl (C=O) groups is 1. The zero-order valence-corrected chi connectivity index (χ0v) is 13.2. The van der Waals surface area contributed by atoms with Crippen LogP contribution in [-0.4, -0.2) is 31.3 Å². The summed E-state index contributed by atoms with van der Waals surface area (Å²) in [5.41, 5.74) is -1.01. The van der Waals surface area contributed by atoms with E-state index in [4.69, 9.17) is 0 Å². The first kappa shape index (κ1) is 16.5. The first-order valence-corrected chi connectivity index (χ1v) is 8.09. The van der Waals surface area contributed by atoms with Gasteiger partial charge in [0.15, 0.2) is 9.84 Å². The summed E-state index contributed by atoms with van der Waals surface area (Å²) in [5.74, 6) is -0.900. The van der Waals surface area contributed by atoms with E-state index in [-0.39, 0.29) is 4.90 Å². The molecule has 0 aliphatic heterocycles. The van der Waals surface area contributed by atoms with Crippen molar-refractivity contribution >= 4 is 21.5 Å². The lowest BCUT2D eigenvalue weighted by atomic mass is 9.74. The number of anilines is 1. The van der Waals surface area contributed by atoms with Crippen molar-refractivity contribution in [3.8, 4) is 0 Å². The van der Waals surface area contributed by atoms with Gasteiger partial charge in [-0.25, -0.2) is 8.42 Å². The fourth-order valence-electron chi connectivity index (χ4n) is 1.57. The molecule has 20 heavy (non-hydrogen) atoms. The molecule has 6 heteroatoms. The van der Waals surface area contributed by atoms with Gasteiger partial charge in [0.25, 0.3) is 0 Å². The van der Waals surface area contributed by atoms with Crippen LogP contribution in [0.15, 0.2) is 29.2 Å². The lowest BCUT2D eigenvalue weighted by Crippen LogP contribution is -2.50. The van der Waals surface area contributed by atoms with Crippen LogP contribution < -0.4 is 5.32 Å². The number of benzene rings is 1. The summed E-state index contributed by atoms with van der Waals surface area (Å²) in [6.07, 6.45) is 1.15. The van der Waals surface area contributed by atoms with Crippen LogP contribution in [0.1, 0.15) is 27.7 Å². The molecule has 0 saturated carbocycles. The molecule has 1 aromatic rings. The Kier molecular flexibility index (Phi) is 4.20. The van der Waals surface area contributed by atoms with Crippen LogP contribution >= 0.6 is 0 Å². The van der Waals surface area contributed by atoms with Gasteiger partial charge >= 0.3 is 5.97 Å². The summed E-state index contributed by atoms with van der Waals surface area (Å²) in [7, 11) is -3.23. The SMILES string of the molecule is CC(C)(Nc1ccc(S(C)(=O)=O)cc1)C(C)(C)C(=O)O. The van der Waals surface area contributed by atoms with E-state index in [1.807, 2.05) is 0 Å². The maximum Gasteiger partial charge on any atom is 0.311 e. The van der Waals surface area contributed by atoms with Gasteiger partial charge in [0.05, 0.1) is 10.3 Å². The number of hydrogen-bond acceptors (Lipinski definition) is 4. The maximum atomic E-state index is 11.4. The van der Waals surface area contributed by atoms with E-state index in [9.17, 15) is 18.3 Å². The lowest BCUT2D eigenvalue weighted by molar-refractivity contribution is -0.149. The molecule has 0 heterocycles. The zero-order valence-electron chi connectivity index (χ0n) is 12.4. The Morgan fingerprint density at radius 3 is 1.90 bits per heavy atom. The number of aliphatic carboxylic acids is 1. The Bertz CT molecular complexity index is 601. The number of carboxylic acids is 1. The minimum Gasteiger partial charge on any atom is -0.481 e. The molecule has 0 saturated heterocycles. The Morgan fingerprint density at radius 1 is 1.10 bits per heavy atom. The van der Waals surface area contributed by atoms with E-state index in [0.29, 0.717) is 5.69 Å². The van der Waals surface area contributed by atoms with Crippen LogP contribution in [0.25, 0.3) is 0 Å². The Labute approximate surface area is 119 Å². The van der Waals surface area contributed by atoms with Crippen LogP contribution in [0.3, 0.4) is 0 Å². The molecule has 0 aliphatic rings. The van der Waals surface area contributed by atoms with Crippen LogP contribution in [0, 0.1) is 5.41 Å². The number of carboxylic acid groups (broad SMARTS) is 1. The van der Waals surface area contributed by atoms with E-state index in [1.165, 1.54) is 12.1 Å². The summed E-state index contributed by atoms with van der Waals surface area (Å²) >= 11 is 0. The predicted octanol–water partition coefficient (Wildman–Crippen LogP) is 2.39. The molecular weight excluding hydrogens is 278 g/mol. The second-order valence-corrected chi connectivity index (χ2v) is 7.99. The average molecular weight is 299 g/mol. The van der Waals surface area contributed by atoms with Gasteiger partial charge < -0.3 is 10.4 Å². The summed E-state index contributed by atoms with van der Waals surface area (Å²) in [5, 5.41) is 12.4. The molecule has 0 aliphatic carbocycles. The van der Waals surface area contributed by atoms with E-state index in [0.717, 1.165) is 6.26 Å². The van der Waals surface area contributed by atoms with Gasteiger partial charge in [-0.15, -0.1) is 0 Å². The standard InChI is InChI=1S/C14H21NO4S/c1-13(2,12(16)17)14(3,4)15-10-6-8-11(9-7-10)20(5,18)19/h6-9,15H,1-5H3,(H,16,17). The van der Waals surface area contributed by atoms with Crippen molar-refractivity contribution in [1.82, 2.24) is 0 Å². The van der Waals surface area contributed by atoms with Crippen molar-refractivity contribution in [3.05, 3.63) is 24.3 Å². The highest BCUT2D eigenvalue weighted by molar-refractivity contribution is 7.90. The van der Waals surface area contributed by atoms with Gasteiger partial charge in [0, 0.05) is 17.5 Å². The van der Waals surface area contributed by atoms with Gasteiger partial charge in [-0.1, -0.05) is 0 Å². The molecule has 0 unspecified atom stereocenters. The van der Waals surface area contributed by atoms with E-state index in [2.05, 4.69) is 5.32 Å². The molecule has 0 bridgehead atoms. The van der Waals surface area contributed by atoms with Crippen molar-refractivity contribution in [1.29, 1.82) is 0 Å². The molecule has 5 nitrogen and oxygen atoms in total. The quantitative estimate of drug-likeness (QED) is 0.872. The monoisotopic (exact) mass is 299 g/mol. The van der Waals surface area contributed by atoms with Crippen LogP contribution in [0.5, 0.6) is 0 Å². The molecule has 0 fully saturated rings. The molecular formula is C14H21NO4S. The lowest BCUT2D eigenvalue weighted by Gasteiger charge is -2.39. The van der Waals surface area contributed by atoms with Crippen molar-refractivity contribution in [2.45, 2.75) is 38.1 Å². The van der Waals surface area contributed by atoms with Gasteiger partial charge in [0.2, 0.25) is 0 Å². The Hall–Kier alpha value is -1.56. The van der Waals surface area contributed by atoms with Gasteiger partial charge in [0.1, 0.15) is 0 Å². The Balaban J connectivity index is 3.02. The molecule has 0 aromatic heterocycles. The molecule has 2 N–H and O–H groups in total. The Morgan fingerprint density at radius 2 is 1.55 bits per heavy atom. The van der Waals surface area contributed by atoms with E-state index in [1.54, 1.807) is 39.8 Å². The van der Waals surface area contributed by atoms with Crippen LogP contribution in [0.4, 0.5) is 5.69 Å². The second kappa shape index (κ2) is 5.09. The summed E-state index contributed by atoms with van der Waals surface area (Å²) in [4.78, 5) is 11.6. The van der Waals surface area contributed by atoms with Gasteiger partial charge in [-0.3, -0.25) is 4.79 Å². The maximum absolute atomic E-state index is 11.4. The molecule has 0 radical (unpaired) electrons. The first-order chi connectivity index (χ1) is 8.88. The van der Waals surface area contributed by atoms with Crippen LogP contribution in [-0.2, 0) is 14.6 Å². The highest BCUT2D eigenvalue weighted by Gasteiger charge is 2.43. The minimum absolute atomic E-state index is 0.235. The third-order valence-corrected chi connectivity index (χ3v) is 4.96. The van der Waals surface area contributed by atoms with Crippen molar-refractivity contribution < 1.29 is 18.3 Å². The molecule has 1 rings (SSSR count). The first-order valence-electron chi connectivity index (χ1n) is 6.19. The summed E-state index contributed by atoms with van der Waals surface area (Å²) < 4.78 is 22.8. The van der Waals surface area contributed by atoms with Crippen molar-refractivity contribution in [2.75, 3.05) is 11.6 Å². The number of nitrogens with one attached hydrogen (secondary N) is 1. The third kappa shape index (κ3) is 3.30. The number of sulfone groups is 1. The van der Waals surface area contributed by atoms with Crippen molar-refractivity contribution in [2.24, 2.45) is 5.41 Å². The fourth-order valence-corrected chi connectivity index (χ4v) is 2.20. The highest BCUT2D eigenvalue weighted by atomic mass is 32.2. The minimum atomic E-state index is -3.23. The smallest absolute Gasteiger partial charge is 0.311 e. The normalized spacial score (nSPS) is 13.1.